The molecule has 23 heavy (non-hydrogen) atoms. The first kappa shape index (κ1) is 18.3. The van der Waals surface area contributed by atoms with Crippen molar-refractivity contribution in [2.45, 2.75) is 53.4 Å². The third kappa shape index (κ3) is 5.53. The SMILES string of the molecule is CC(C)C(=O)N1CCC(C#CCN2CCC(C(C)C)CC2)CC1. The molecule has 0 aliphatic carbocycles. The summed E-state index contributed by atoms with van der Waals surface area (Å²) in [6.45, 7) is 13.8. The van der Waals surface area contributed by atoms with Crippen LogP contribution in [0.3, 0.4) is 0 Å². The van der Waals surface area contributed by atoms with Crippen LogP contribution in [0.25, 0.3) is 0 Å². The molecule has 0 unspecified atom stereocenters. The van der Waals surface area contributed by atoms with Gasteiger partial charge in [0.1, 0.15) is 0 Å². The number of nitrogens with zero attached hydrogens (tertiary/aromatic N) is 2. The summed E-state index contributed by atoms with van der Waals surface area (Å²) in [5.41, 5.74) is 0. The molecule has 1 amide bonds. The third-order valence-electron chi connectivity index (χ3n) is 5.48. The van der Waals surface area contributed by atoms with E-state index in [1.54, 1.807) is 0 Å². The van der Waals surface area contributed by atoms with Crippen molar-refractivity contribution >= 4 is 5.91 Å². The highest BCUT2D eigenvalue weighted by Gasteiger charge is 2.23. The second-order valence-corrected chi connectivity index (χ2v) is 7.93. The van der Waals surface area contributed by atoms with E-state index in [9.17, 15) is 4.79 Å². The van der Waals surface area contributed by atoms with Crippen LogP contribution in [0.4, 0.5) is 0 Å². The Bertz CT molecular complexity index is 430. The smallest absolute Gasteiger partial charge is 0.225 e. The van der Waals surface area contributed by atoms with Gasteiger partial charge in [-0.3, -0.25) is 9.69 Å². The Labute approximate surface area is 142 Å². The fraction of sp³-hybridized carbons (Fsp3) is 0.850. The molecule has 2 rings (SSSR count). The van der Waals surface area contributed by atoms with Crippen molar-refractivity contribution in [2.24, 2.45) is 23.7 Å². The molecule has 0 spiro atoms. The number of hydrogen-bond donors (Lipinski definition) is 0. The topological polar surface area (TPSA) is 23.6 Å². The van der Waals surface area contributed by atoms with Crippen molar-refractivity contribution in [3.05, 3.63) is 0 Å². The maximum absolute atomic E-state index is 12.0. The first-order valence-electron chi connectivity index (χ1n) is 9.47. The summed E-state index contributed by atoms with van der Waals surface area (Å²) in [5, 5.41) is 0. The fourth-order valence-corrected chi connectivity index (χ4v) is 3.69. The lowest BCUT2D eigenvalue weighted by molar-refractivity contribution is -0.135. The van der Waals surface area contributed by atoms with Gasteiger partial charge in [-0.05, 0) is 50.6 Å². The Hall–Kier alpha value is -1.01. The summed E-state index contributed by atoms with van der Waals surface area (Å²) in [7, 11) is 0. The van der Waals surface area contributed by atoms with Gasteiger partial charge >= 0.3 is 0 Å². The monoisotopic (exact) mass is 318 g/mol. The molecule has 0 bridgehead atoms. The second kappa shape index (κ2) is 8.73. The number of rotatable bonds is 3. The van der Waals surface area contributed by atoms with Crippen LogP contribution in [0.2, 0.25) is 0 Å². The quantitative estimate of drug-likeness (QED) is 0.746. The minimum atomic E-state index is 0.117. The van der Waals surface area contributed by atoms with E-state index in [-0.39, 0.29) is 5.92 Å². The molecule has 130 valence electrons. The number of amides is 1. The van der Waals surface area contributed by atoms with Crippen LogP contribution >= 0.6 is 0 Å². The largest absolute Gasteiger partial charge is 0.342 e. The van der Waals surface area contributed by atoms with Crippen molar-refractivity contribution in [1.29, 1.82) is 0 Å². The predicted molar refractivity (Wildman–Crippen MR) is 95.9 cm³/mol. The Kier molecular flexibility index (Phi) is 6.96. The van der Waals surface area contributed by atoms with E-state index >= 15 is 0 Å². The van der Waals surface area contributed by atoms with Crippen LogP contribution in [-0.4, -0.2) is 48.4 Å². The van der Waals surface area contributed by atoms with Crippen molar-refractivity contribution in [2.75, 3.05) is 32.7 Å². The molecule has 2 heterocycles. The van der Waals surface area contributed by atoms with E-state index in [1.165, 1.54) is 25.9 Å². The highest BCUT2D eigenvalue weighted by atomic mass is 16.2. The van der Waals surface area contributed by atoms with Crippen LogP contribution in [-0.2, 0) is 4.79 Å². The van der Waals surface area contributed by atoms with Gasteiger partial charge in [0.2, 0.25) is 5.91 Å². The molecular weight excluding hydrogens is 284 g/mol. The van der Waals surface area contributed by atoms with E-state index in [1.807, 2.05) is 18.7 Å². The van der Waals surface area contributed by atoms with Crippen LogP contribution in [0.5, 0.6) is 0 Å². The first-order chi connectivity index (χ1) is 11.0. The summed E-state index contributed by atoms with van der Waals surface area (Å²) in [6.07, 6.45) is 4.74. The number of carbonyl (C=O) groups is 1. The van der Waals surface area contributed by atoms with E-state index in [2.05, 4.69) is 30.6 Å². The summed E-state index contributed by atoms with van der Waals surface area (Å²) in [5.74, 6) is 9.49. The third-order valence-corrected chi connectivity index (χ3v) is 5.48. The highest BCUT2D eigenvalue weighted by Crippen LogP contribution is 2.24. The average Bonchev–Trinajstić information content (AvgIpc) is 2.55. The van der Waals surface area contributed by atoms with E-state index in [0.29, 0.717) is 11.8 Å². The van der Waals surface area contributed by atoms with Crippen molar-refractivity contribution in [1.82, 2.24) is 9.80 Å². The standard InChI is InChI=1S/C20H34N2O/c1-16(2)19-9-12-21(13-10-19)11-5-6-18-7-14-22(15-8-18)20(23)17(3)4/h16-19H,7-15H2,1-4H3. The number of likely N-dealkylation sites (tertiary alicyclic amines) is 2. The first-order valence-corrected chi connectivity index (χ1v) is 9.47. The highest BCUT2D eigenvalue weighted by molar-refractivity contribution is 5.78. The molecule has 2 aliphatic heterocycles. The molecule has 2 aliphatic rings. The van der Waals surface area contributed by atoms with E-state index in [0.717, 1.165) is 44.3 Å². The zero-order valence-corrected chi connectivity index (χ0v) is 15.5. The Morgan fingerprint density at radius 1 is 1.00 bits per heavy atom. The van der Waals surface area contributed by atoms with Gasteiger partial charge in [-0.1, -0.05) is 39.5 Å². The lowest BCUT2D eigenvalue weighted by Gasteiger charge is -2.33. The van der Waals surface area contributed by atoms with Gasteiger partial charge in [-0.25, -0.2) is 0 Å². The molecule has 0 saturated carbocycles. The zero-order chi connectivity index (χ0) is 16.8. The Morgan fingerprint density at radius 3 is 2.13 bits per heavy atom. The van der Waals surface area contributed by atoms with Gasteiger partial charge in [0, 0.05) is 24.9 Å². The van der Waals surface area contributed by atoms with Crippen molar-refractivity contribution in [3.8, 4) is 11.8 Å². The summed E-state index contributed by atoms with van der Waals surface area (Å²) in [4.78, 5) is 16.5. The molecule has 0 N–H and O–H groups in total. The van der Waals surface area contributed by atoms with Crippen LogP contribution in [0.1, 0.15) is 53.4 Å². The Morgan fingerprint density at radius 2 is 1.61 bits per heavy atom. The molecule has 0 radical (unpaired) electrons. The van der Waals surface area contributed by atoms with Crippen LogP contribution in [0.15, 0.2) is 0 Å². The van der Waals surface area contributed by atoms with Gasteiger partial charge in [0.05, 0.1) is 6.54 Å². The van der Waals surface area contributed by atoms with E-state index in [4.69, 9.17) is 0 Å². The molecule has 2 fully saturated rings. The molecule has 0 aromatic rings. The summed E-state index contributed by atoms with van der Waals surface area (Å²) < 4.78 is 0. The maximum atomic E-state index is 12.0. The molecular formula is C20H34N2O. The van der Waals surface area contributed by atoms with Gasteiger partial charge in [-0.2, -0.15) is 0 Å². The predicted octanol–water partition coefficient (Wildman–Crippen LogP) is 3.25. The van der Waals surface area contributed by atoms with Crippen molar-refractivity contribution in [3.63, 3.8) is 0 Å². The summed E-state index contributed by atoms with van der Waals surface area (Å²) >= 11 is 0. The van der Waals surface area contributed by atoms with Crippen LogP contribution < -0.4 is 0 Å². The molecule has 0 aromatic heterocycles. The summed E-state index contributed by atoms with van der Waals surface area (Å²) in [6, 6.07) is 0. The normalized spacial score (nSPS) is 21.6. The van der Waals surface area contributed by atoms with Gasteiger partial charge in [-0.15, -0.1) is 0 Å². The minimum Gasteiger partial charge on any atom is -0.342 e. The van der Waals surface area contributed by atoms with Gasteiger partial charge in [0.25, 0.3) is 0 Å². The van der Waals surface area contributed by atoms with Gasteiger partial charge in [0.15, 0.2) is 0 Å². The second-order valence-electron chi connectivity index (χ2n) is 7.93. The minimum absolute atomic E-state index is 0.117. The molecule has 3 heteroatoms. The lowest BCUT2D eigenvalue weighted by atomic mass is 9.87. The van der Waals surface area contributed by atoms with Crippen LogP contribution in [0, 0.1) is 35.5 Å². The maximum Gasteiger partial charge on any atom is 0.225 e. The Balaban J connectivity index is 1.68. The number of piperidine rings is 2. The molecule has 2 saturated heterocycles. The molecule has 0 atom stereocenters. The van der Waals surface area contributed by atoms with Crippen molar-refractivity contribution < 1.29 is 4.79 Å². The van der Waals surface area contributed by atoms with E-state index < -0.39 is 0 Å². The average molecular weight is 319 g/mol. The number of carbonyl (C=O) groups excluding carboxylic acids is 1. The number of hydrogen-bond acceptors (Lipinski definition) is 2. The van der Waals surface area contributed by atoms with Gasteiger partial charge < -0.3 is 4.90 Å². The zero-order valence-electron chi connectivity index (χ0n) is 15.5. The lowest BCUT2D eigenvalue weighted by Crippen LogP contribution is -2.40. The fourth-order valence-electron chi connectivity index (χ4n) is 3.69. The molecule has 3 nitrogen and oxygen atoms in total. The molecule has 0 aromatic carbocycles.